The summed E-state index contributed by atoms with van der Waals surface area (Å²) < 4.78 is 1.97. The molecule has 0 unspecified atom stereocenters. The predicted molar refractivity (Wildman–Crippen MR) is 116 cm³/mol. The summed E-state index contributed by atoms with van der Waals surface area (Å²) in [6, 6.07) is 11.1. The molecular weight excluding hydrogens is 392 g/mol. The number of aryl methyl sites for hydroxylation is 1. The summed E-state index contributed by atoms with van der Waals surface area (Å²) >= 11 is 0. The van der Waals surface area contributed by atoms with Gasteiger partial charge in [0, 0.05) is 24.5 Å². The molecule has 0 aliphatic heterocycles. The number of carbonyl (C=O) groups excluding carboxylic acids is 2. The SMILES string of the molecule is CC1CC(c2cccc(NC(=O)c3cc(C=O)c4[nH]ccc4n3)c2)(c2nncn2C)C1. The molecule has 2 N–H and O–H groups in total. The van der Waals surface area contributed by atoms with Crippen molar-refractivity contribution in [3.63, 3.8) is 0 Å². The molecule has 3 aromatic heterocycles. The average Bonchev–Trinajstić information content (AvgIpc) is 3.39. The molecule has 156 valence electrons. The van der Waals surface area contributed by atoms with E-state index in [1.54, 1.807) is 18.6 Å². The standard InChI is InChI=1S/C23H22N6O2/c1-14-10-23(11-14,22-28-25-13-29(22)2)16-4-3-5-17(9-16)26-21(31)19-8-15(12-30)20-18(27-19)6-7-24-20/h3-9,12-14,24H,10-11H2,1-2H3,(H,26,31). The molecule has 3 heterocycles. The number of aromatic amines is 1. The van der Waals surface area contributed by atoms with E-state index in [9.17, 15) is 9.59 Å². The molecule has 5 rings (SSSR count). The molecular formula is C23H22N6O2. The molecule has 1 fully saturated rings. The Morgan fingerprint density at radius 2 is 2.13 bits per heavy atom. The predicted octanol–water partition coefficient (Wildman–Crippen LogP) is 3.47. The van der Waals surface area contributed by atoms with Crippen molar-refractivity contribution in [2.75, 3.05) is 5.32 Å². The van der Waals surface area contributed by atoms with Crippen LogP contribution in [0.2, 0.25) is 0 Å². The number of benzene rings is 1. The maximum atomic E-state index is 12.9. The number of hydrogen-bond acceptors (Lipinski definition) is 5. The van der Waals surface area contributed by atoms with Crippen molar-refractivity contribution >= 4 is 28.9 Å². The highest BCUT2D eigenvalue weighted by molar-refractivity contribution is 6.06. The van der Waals surface area contributed by atoms with Crippen LogP contribution in [0.25, 0.3) is 11.0 Å². The first-order chi connectivity index (χ1) is 15.0. The van der Waals surface area contributed by atoms with Gasteiger partial charge in [-0.15, -0.1) is 10.2 Å². The Morgan fingerprint density at radius 3 is 2.84 bits per heavy atom. The number of hydrogen-bond donors (Lipinski definition) is 2. The molecule has 0 bridgehead atoms. The van der Waals surface area contributed by atoms with Gasteiger partial charge in [0.05, 0.1) is 16.4 Å². The van der Waals surface area contributed by atoms with Crippen LogP contribution in [-0.2, 0) is 12.5 Å². The molecule has 4 aromatic rings. The van der Waals surface area contributed by atoms with Crippen LogP contribution in [0.1, 0.15) is 52.0 Å². The molecule has 0 radical (unpaired) electrons. The molecule has 31 heavy (non-hydrogen) atoms. The Labute approximate surface area is 178 Å². The number of anilines is 1. The molecule has 1 aromatic carbocycles. The van der Waals surface area contributed by atoms with E-state index in [4.69, 9.17) is 0 Å². The Balaban J connectivity index is 1.46. The molecule has 1 aliphatic carbocycles. The third-order valence-corrected chi connectivity index (χ3v) is 6.11. The number of H-pyrrole nitrogens is 1. The van der Waals surface area contributed by atoms with E-state index in [0.29, 0.717) is 28.2 Å². The average molecular weight is 414 g/mol. The lowest BCUT2D eigenvalue weighted by atomic mass is 9.58. The Kier molecular flexibility index (Phi) is 4.43. The number of nitrogens with zero attached hydrogens (tertiary/aromatic N) is 4. The van der Waals surface area contributed by atoms with Crippen LogP contribution in [0.15, 0.2) is 48.9 Å². The van der Waals surface area contributed by atoms with Crippen molar-refractivity contribution < 1.29 is 9.59 Å². The second-order valence-electron chi connectivity index (χ2n) is 8.35. The fourth-order valence-corrected chi connectivity index (χ4v) is 4.76. The number of aldehydes is 1. The van der Waals surface area contributed by atoms with E-state index in [1.165, 1.54) is 6.07 Å². The van der Waals surface area contributed by atoms with Crippen LogP contribution >= 0.6 is 0 Å². The number of fused-ring (bicyclic) bond motifs is 1. The van der Waals surface area contributed by atoms with E-state index < -0.39 is 0 Å². The zero-order valence-electron chi connectivity index (χ0n) is 17.3. The lowest BCUT2D eigenvalue weighted by Crippen LogP contribution is -2.43. The summed E-state index contributed by atoms with van der Waals surface area (Å²) in [6.45, 7) is 2.23. The first-order valence-corrected chi connectivity index (χ1v) is 10.2. The van der Waals surface area contributed by atoms with Crippen LogP contribution in [0.4, 0.5) is 5.69 Å². The monoisotopic (exact) mass is 414 g/mol. The van der Waals surface area contributed by atoms with Crippen molar-refractivity contribution in [1.29, 1.82) is 0 Å². The van der Waals surface area contributed by atoms with E-state index in [0.717, 1.165) is 30.5 Å². The van der Waals surface area contributed by atoms with E-state index in [2.05, 4.69) is 38.5 Å². The van der Waals surface area contributed by atoms with Crippen molar-refractivity contribution in [1.82, 2.24) is 24.7 Å². The minimum atomic E-state index is -0.363. The van der Waals surface area contributed by atoms with E-state index >= 15 is 0 Å². The maximum absolute atomic E-state index is 12.9. The van der Waals surface area contributed by atoms with Crippen LogP contribution in [0.5, 0.6) is 0 Å². The van der Waals surface area contributed by atoms with Crippen LogP contribution < -0.4 is 5.32 Å². The second-order valence-corrected chi connectivity index (χ2v) is 8.35. The molecule has 0 spiro atoms. The highest BCUT2D eigenvalue weighted by Crippen LogP contribution is 2.51. The number of amides is 1. The third kappa shape index (κ3) is 3.11. The second kappa shape index (κ2) is 7.16. The minimum Gasteiger partial charge on any atom is -0.359 e. The largest absolute Gasteiger partial charge is 0.359 e. The summed E-state index contributed by atoms with van der Waals surface area (Å²) in [5, 5.41) is 11.4. The van der Waals surface area contributed by atoms with Crippen LogP contribution in [0.3, 0.4) is 0 Å². The minimum absolute atomic E-state index is 0.194. The molecule has 1 saturated carbocycles. The van der Waals surface area contributed by atoms with Gasteiger partial charge in [0.2, 0.25) is 0 Å². The number of aromatic nitrogens is 5. The summed E-state index contributed by atoms with van der Waals surface area (Å²) in [6.07, 6.45) is 6.09. The van der Waals surface area contributed by atoms with Gasteiger partial charge in [-0.3, -0.25) is 9.59 Å². The van der Waals surface area contributed by atoms with Gasteiger partial charge in [-0.2, -0.15) is 0 Å². The Morgan fingerprint density at radius 1 is 1.29 bits per heavy atom. The first-order valence-electron chi connectivity index (χ1n) is 10.2. The summed E-state index contributed by atoms with van der Waals surface area (Å²) in [5.74, 6) is 1.16. The fourth-order valence-electron chi connectivity index (χ4n) is 4.76. The maximum Gasteiger partial charge on any atom is 0.274 e. The Bertz CT molecular complexity index is 1300. The number of carbonyl (C=O) groups is 2. The number of rotatable bonds is 5. The van der Waals surface area contributed by atoms with Gasteiger partial charge in [-0.05, 0) is 48.6 Å². The van der Waals surface area contributed by atoms with Gasteiger partial charge in [0.25, 0.3) is 5.91 Å². The van der Waals surface area contributed by atoms with Crippen molar-refractivity contribution in [2.45, 2.75) is 25.2 Å². The highest BCUT2D eigenvalue weighted by atomic mass is 16.2. The molecule has 8 nitrogen and oxygen atoms in total. The molecule has 0 atom stereocenters. The number of pyridine rings is 1. The van der Waals surface area contributed by atoms with Crippen molar-refractivity contribution in [3.05, 3.63) is 71.6 Å². The quantitative estimate of drug-likeness (QED) is 0.487. The highest BCUT2D eigenvalue weighted by Gasteiger charge is 2.48. The van der Waals surface area contributed by atoms with E-state index in [1.807, 2.05) is 29.8 Å². The van der Waals surface area contributed by atoms with Crippen molar-refractivity contribution in [3.8, 4) is 0 Å². The zero-order chi connectivity index (χ0) is 21.6. The fraction of sp³-hybridized carbons (Fsp3) is 0.261. The summed E-state index contributed by atoms with van der Waals surface area (Å²) in [7, 11) is 1.96. The number of nitrogens with one attached hydrogen (secondary N) is 2. The Hall–Kier alpha value is -3.81. The molecule has 1 amide bonds. The molecule has 8 heteroatoms. The van der Waals surface area contributed by atoms with Gasteiger partial charge < -0.3 is 14.9 Å². The van der Waals surface area contributed by atoms with Gasteiger partial charge in [-0.1, -0.05) is 19.1 Å². The van der Waals surface area contributed by atoms with Gasteiger partial charge in [0.15, 0.2) is 6.29 Å². The third-order valence-electron chi connectivity index (χ3n) is 6.11. The van der Waals surface area contributed by atoms with Crippen LogP contribution in [0, 0.1) is 5.92 Å². The lowest BCUT2D eigenvalue weighted by Gasteiger charge is -2.46. The van der Waals surface area contributed by atoms with E-state index in [-0.39, 0.29) is 17.0 Å². The molecule has 1 aliphatic rings. The summed E-state index contributed by atoms with van der Waals surface area (Å²) in [4.78, 5) is 31.7. The van der Waals surface area contributed by atoms with Crippen LogP contribution in [-0.4, -0.2) is 36.9 Å². The van der Waals surface area contributed by atoms with Gasteiger partial charge in [-0.25, -0.2) is 4.98 Å². The van der Waals surface area contributed by atoms with Crippen molar-refractivity contribution in [2.24, 2.45) is 13.0 Å². The molecule has 0 saturated heterocycles. The first kappa shape index (κ1) is 19.2. The van der Waals surface area contributed by atoms with Gasteiger partial charge in [0.1, 0.15) is 17.8 Å². The summed E-state index contributed by atoms with van der Waals surface area (Å²) in [5.41, 5.74) is 3.36. The topological polar surface area (TPSA) is 106 Å². The lowest BCUT2D eigenvalue weighted by molar-refractivity contribution is 0.102. The zero-order valence-corrected chi connectivity index (χ0v) is 17.3. The normalized spacial score (nSPS) is 20.4. The smallest absolute Gasteiger partial charge is 0.274 e. The van der Waals surface area contributed by atoms with Gasteiger partial charge >= 0.3 is 0 Å².